The zero-order valence-corrected chi connectivity index (χ0v) is 8.73. The summed E-state index contributed by atoms with van der Waals surface area (Å²) in [7, 11) is 0. The maximum absolute atomic E-state index is 13.5. The number of ether oxygens (including phenoxy) is 1. The summed E-state index contributed by atoms with van der Waals surface area (Å²) in [4.78, 5) is 13.2. The molecule has 0 aliphatic carbocycles. The second-order valence-electron chi connectivity index (χ2n) is 3.54. The fourth-order valence-corrected chi connectivity index (χ4v) is 1.72. The molecular formula is C11H13FN2O2. The van der Waals surface area contributed by atoms with E-state index in [9.17, 15) is 9.18 Å². The highest BCUT2D eigenvalue weighted by Gasteiger charge is 2.30. The molecule has 86 valence electrons. The first-order valence-corrected chi connectivity index (χ1v) is 5.11. The first kappa shape index (κ1) is 11.0. The molecule has 2 N–H and O–H groups in total. The summed E-state index contributed by atoms with van der Waals surface area (Å²) >= 11 is 0. The van der Waals surface area contributed by atoms with Gasteiger partial charge in [0.1, 0.15) is 11.9 Å². The van der Waals surface area contributed by atoms with Gasteiger partial charge in [-0.2, -0.15) is 0 Å². The van der Waals surface area contributed by atoms with Crippen molar-refractivity contribution >= 4 is 11.6 Å². The number of carbonyl (C=O) groups excluding carboxylic acids is 1. The van der Waals surface area contributed by atoms with Crippen LogP contribution in [0.25, 0.3) is 0 Å². The van der Waals surface area contributed by atoms with Crippen molar-refractivity contribution in [3.8, 4) is 0 Å². The van der Waals surface area contributed by atoms with Gasteiger partial charge in [0.05, 0.1) is 12.3 Å². The lowest BCUT2D eigenvalue weighted by Crippen LogP contribution is -2.51. The topological polar surface area (TPSA) is 55.6 Å². The number of rotatable bonds is 2. The maximum Gasteiger partial charge on any atom is 0.257 e. The molecule has 4 nitrogen and oxygen atoms in total. The second kappa shape index (κ2) is 4.59. The molecule has 0 spiro atoms. The summed E-state index contributed by atoms with van der Waals surface area (Å²) in [5.74, 6) is -0.688. The van der Waals surface area contributed by atoms with Gasteiger partial charge in [0.25, 0.3) is 5.91 Å². The molecule has 16 heavy (non-hydrogen) atoms. The lowest BCUT2D eigenvalue weighted by molar-refractivity contribution is -0.133. The third kappa shape index (κ3) is 1.91. The van der Waals surface area contributed by atoms with Crippen molar-refractivity contribution in [1.29, 1.82) is 0 Å². The standard InChI is InChI=1S/C11H13FN2O2/c12-8-3-1-2-4-9(8)14-5-6-16-10(7-13)11(14)15/h1-4,10H,5-7,13H2. The minimum absolute atomic E-state index is 0.115. The molecule has 1 heterocycles. The van der Waals surface area contributed by atoms with Crippen LogP contribution in [0.5, 0.6) is 0 Å². The van der Waals surface area contributed by atoms with Gasteiger partial charge in [0.2, 0.25) is 0 Å². The van der Waals surface area contributed by atoms with E-state index >= 15 is 0 Å². The van der Waals surface area contributed by atoms with Gasteiger partial charge in [0.15, 0.2) is 0 Å². The van der Waals surface area contributed by atoms with E-state index in [0.717, 1.165) is 0 Å². The van der Waals surface area contributed by atoms with Gasteiger partial charge in [-0.3, -0.25) is 4.79 Å². The van der Waals surface area contributed by atoms with E-state index in [1.165, 1.54) is 11.0 Å². The van der Waals surface area contributed by atoms with Gasteiger partial charge in [-0.05, 0) is 12.1 Å². The molecule has 0 bridgehead atoms. The van der Waals surface area contributed by atoms with E-state index in [-0.39, 0.29) is 18.1 Å². The van der Waals surface area contributed by atoms with Crippen LogP contribution in [0.2, 0.25) is 0 Å². The molecule has 1 saturated heterocycles. The average Bonchev–Trinajstić information content (AvgIpc) is 2.31. The smallest absolute Gasteiger partial charge is 0.257 e. The van der Waals surface area contributed by atoms with Crippen LogP contribution in [0.1, 0.15) is 0 Å². The highest BCUT2D eigenvalue weighted by molar-refractivity contribution is 5.97. The molecule has 1 aromatic carbocycles. The van der Waals surface area contributed by atoms with Gasteiger partial charge in [-0.1, -0.05) is 12.1 Å². The molecule has 0 aromatic heterocycles. The number of morpholine rings is 1. The minimum atomic E-state index is -0.659. The number of hydrogen-bond donors (Lipinski definition) is 1. The Morgan fingerprint density at radius 2 is 2.25 bits per heavy atom. The average molecular weight is 224 g/mol. The fraction of sp³-hybridized carbons (Fsp3) is 0.364. The summed E-state index contributed by atoms with van der Waals surface area (Å²) < 4.78 is 18.7. The summed E-state index contributed by atoms with van der Waals surface area (Å²) in [6.45, 7) is 0.849. The van der Waals surface area contributed by atoms with Crippen LogP contribution in [0, 0.1) is 5.82 Å². The van der Waals surface area contributed by atoms with Crippen molar-refractivity contribution in [2.75, 3.05) is 24.6 Å². The zero-order chi connectivity index (χ0) is 11.5. The zero-order valence-electron chi connectivity index (χ0n) is 8.73. The predicted molar refractivity (Wildman–Crippen MR) is 57.5 cm³/mol. The van der Waals surface area contributed by atoms with Crippen molar-refractivity contribution in [3.05, 3.63) is 30.1 Å². The highest BCUT2D eigenvalue weighted by Crippen LogP contribution is 2.21. The Morgan fingerprint density at radius 3 is 2.94 bits per heavy atom. The summed E-state index contributed by atoms with van der Waals surface area (Å²) in [6.07, 6.45) is -0.659. The third-order valence-electron chi connectivity index (χ3n) is 2.53. The van der Waals surface area contributed by atoms with Crippen molar-refractivity contribution in [3.63, 3.8) is 0 Å². The Bertz CT molecular complexity index is 397. The highest BCUT2D eigenvalue weighted by atomic mass is 19.1. The van der Waals surface area contributed by atoms with Crippen molar-refractivity contribution < 1.29 is 13.9 Å². The molecule has 1 amide bonds. The molecule has 0 radical (unpaired) electrons. The van der Waals surface area contributed by atoms with Crippen molar-refractivity contribution in [2.45, 2.75) is 6.10 Å². The Hall–Kier alpha value is -1.46. The first-order valence-electron chi connectivity index (χ1n) is 5.11. The number of anilines is 1. The summed E-state index contributed by atoms with van der Waals surface area (Å²) in [6, 6.07) is 6.18. The van der Waals surface area contributed by atoms with Crippen molar-refractivity contribution in [1.82, 2.24) is 0 Å². The molecule has 5 heteroatoms. The normalized spacial score (nSPS) is 21.2. The Balaban J connectivity index is 2.27. The molecule has 0 saturated carbocycles. The van der Waals surface area contributed by atoms with E-state index in [1.54, 1.807) is 18.2 Å². The number of halogens is 1. The lowest BCUT2D eigenvalue weighted by Gasteiger charge is -2.31. The molecule has 1 unspecified atom stereocenters. The third-order valence-corrected chi connectivity index (χ3v) is 2.53. The molecule has 1 fully saturated rings. The summed E-state index contributed by atoms with van der Waals surface area (Å²) in [5, 5.41) is 0. The van der Waals surface area contributed by atoms with E-state index in [0.29, 0.717) is 13.2 Å². The monoisotopic (exact) mass is 224 g/mol. The molecule has 1 atom stereocenters. The van der Waals surface area contributed by atoms with Gasteiger partial charge in [-0.25, -0.2) is 4.39 Å². The van der Waals surface area contributed by atoms with E-state index in [2.05, 4.69) is 0 Å². The lowest BCUT2D eigenvalue weighted by atomic mass is 10.2. The van der Waals surface area contributed by atoms with Crippen LogP contribution in [0.4, 0.5) is 10.1 Å². The van der Waals surface area contributed by atoms with Gasteiger partial charge in [-0.15, -0.1) is 0 Å². The maximum atomic E-state index is 13.5. The first-order chi connectivity index (χ1) is 7.74. The molecule has 2 rings (SSSR count). The predicted octanol–water partition coefficient (Wildman–Crippen LogP) is 0.516. The molecule has 1 aromatic rings. The SMILES string of the molecule is NCC1OCCN(c2ccccc2F)C1=O. The van der Waals surface area contributed by atoms with Crippen molar-refractivity contribution in [2.24, 2.45) is 5.73 Å². The number of amides is 1. The van der Waals surface area contributed by atoms with Crippen LogP contribution in [-0.4, -0.2) is 31.7 Å². The Kier molecular flexibility index (Phi) is 3.17. The Morgan fingerprint density at radius 1 is 1.50 bits per heavy atom. The number of benzene rings is 1. The van der Waals surface area contributed by atoms with Crippen LogP contribution in [-0.2, 0) is 9.53 Å². The van der Waals surface area contributed by atoms with Crippen LogP contribution in [0.3, 0.4) is 0 Å². The van der Waals surface area contributed by atoms with Gasteiger partial charge < -0.3 is 15.4 Å². The largest absolute Gasteiger partial charge is 0.365 e. The molecule has 1 aliphatic heterocycles. The van der Waals surface area contributed by atoms with E-state index < -0.39 is 11.9 Å². The number of para-hydroxylation sites is 1. The fourth-order valence-electron chi connectivity index (χ4n) is 1.72. The number of nitrogens with zero attached hydrogens (tertiary/aromatic N) is 1. The Labute approximate surface area is 92.8 Å². The van der Waals surface area contributed by atoms with Crippen LogP contribution >= 0.6 is 0 Å². The number of nitrogens with two attached hydrogens (primary N) is 1. The van der Waals surface area contributed by atoms with Crippen LogP contribution in [0.15, 0.2) is 24.3 Å². The quantitative estimate of drug-likeness (QED) is 0.796. The molecular weight excluding hydrogens is 211 g/mol. The van der Waals surface area contributed by atoms with Crippen LogP contribution < -0.4 is 10.6 Å². The molecule has 1 aliphatic rings. The van der Waals surface area contributed by atoms with Gasteiger partial charge in [0, 0.05) is 13.1 Å². The van der Waals surface area contributed by atoms with E-state index in [4.69, 9.17) is 10.5 Å². The summed E-state index contributed by atoms with van der Waals surface area (Å²) in [5.41, 5.74) is 5.69. The number of hydrogen-bond acceptors (Lipinski definition) is 3. The second-order valence-corrected chi connectivity index (χ2v) is 3.54. The van der Waals surface area contributed by atoms with E-state index in [1.807, 2.05) is 0 Å². The minimum Gasteiger partial charge on any atom is -0.365 e. The van der Waals surface area contributed by atoms with Gasteiger partial charge >= 0.3 is 0 Å². The number of carbonyl (C=O) groups is 1.